The molecule has 0 radical (unpaired) electrons. The van der Waals surface area contributed by atoms with E-state index in [1.54, 1.807) is 6.92 Å². The number of hydrogen-bond donors (Lipinski definition) is 1. The highest BCUT2D eigenvalue weighted by Gasteiger charge is 2.54. The van der Waals surface area contributed by atoms with Crippen molar-refractivity contribution in [2.24, 2.45) is 23.2 Å². The predicted molar refractivity (Wildman–Crippen MR) is 130 cm³/mol. The van der Waals surface area contributed by atoms with Crippen molar-refractivity contribution in [1.29, 1.82) is 0 Å². The fraction of sp³-hybridized carbons (Fsp3) is 0.615. The van der Waals surface area contributed by atoms with Gasteiger partial charge in [0.2, 0.25) is 5.91 Å². The van der Waals surface area contributed by atoms with Gasteiger partial charge in [-0.3, -0.25) is 9.59 Å². The lowest BCUT2D eigenvalue weighted by Crippen LogP contribution is -2.53. The van der Waals surface area contributed by atoms with Gasteiger partial charge < -0.3 is 14.6 Å². The van der Waals surface area contributed by atoms with Gasteiger partial charge in [0.15, 0.2) is 11.0 Å². The second-order valence-electron chi connectivity index (χ2n) is 10.4. The maximum atomic E-state index is 13.5. The molecule has 34 heavy (non-hydrogen) atoms. The highest BCUT2D eigenvalue weighted by molar-refractivity contribution is 8.00. The van der Waals surface area contributed by atoms with Crippen LogP contribution < -0.4 is 5.32 Å². The third kappa shape index (κ3) is 4.74. The quantitative estimate of drug-likeness (QED) is 0.426. The molecule has 182 valence electrons. The van der Waals surface area contributed by atoms with E-state index < -0.39 is 5.25 Å². The van der Waals surface area contributed by atoms with Crippen LogP contribution in [0.15, 0.2) is 35.5 Å². The minimum Gasteiger partial charge on any atom is -0.465 e. The second kappa shape index (κ2) is 9.72. The van der Waals surface area contributed by atoms with Crippen molar-refractivity contribution in [3.8, 4) is 0 Å². The largest absolute Gasteiger partial charge is 0.465 e. The van der Waals surface area contributed by atoms with Crippen molar-refractivity contribution in [3.05, 3.63) is 41.7 Å². The zero-order chi connectivity index (χ0) is 23.7. The highest BCUT2D eigenvalue weighted by atomic mass is 32.2. The zero-order valence-corrected chi connectivity index (χ0v) is 20.9. The molecule has 4 fully saturated rings. The standard InChI is InChI=1S/C26H34N4O3S/c1-3-33-23(31)17(2)34-25-29-28-22(30(25)16-18-7-5-4-6-8-18)15-27-24(32)26-12-19-9-20(13-26)11-21(10-19)14-26/h4-8,17,19-21H,3,9-16H2,1-2H3,(H,27,32)/t17-,19?,20?,21?,26?/m1/s1. The van der Waals surface area contributed by atoms with Crippen LogP contribution in [0.5, 0.6) is 0 Å². The molecule has 8 heteroatoms. The molecule has 1 N–H and O–H groups in total. The Morgan fingerprint density at radius 3 is 2.38 bits per heavy atom. The van der Waals surface area contributed by atoms with Gasteiger partial charge in [-0.2, -0.15) is 0 Å². The van der Waals surface area contributed by atoms with E-state index in [4.69, 9.17) is 4.74 Å². The molecule has 2 aromatic rings. The van der Waals surface area contributed by atoms with Gasteiger partial charge in [0.1, 0.15) is 5.25 Å². The summed E-state index contributed by atoms with van der Waals surface area (Å²) in [5.74, 6) is 2.82. The molecule has 7 nitrogen and oxygen atoms in total. The molecule has 4 bridgehead atoms. The Hall–Kier alpha value is -2.35. The molecule has 1 amide bonds. The van der Waals surface area contributed by atoms with Crippen LogP contribution in [0.1, 0.15) is 63.8 Å². The van der Waals surface area contributed by atoms with Gasteiger partial charge in [0.05, 0.1) is 19.7 Å². The van der Waals surface area contributed by atoms with Crippen LogP contribution in [0, 0.1) is 23.2 Å². The second-order valence-corrected chi connectivity index (χ2v) is 11.7. The third-order valence-electron chi connectivity index (χ3n) is 7.80. The first-order valence-electron chi connectivity index (χ1n) is 12.5. The monoisotopic (exact) mass is 482 g/mol. The molecule has 4 aliphatic rings. The average Bonchev–Trinajstić information content (AvgIpc) is 3.18. The molecule has 1 aromatic heterocycles. The van der Waals surface area contributed by atoms with E-state index in [9.17, 15) is 9.59 Å². The number of nitrogens with zero attached hydrogens (tertiary/aromatic N) is 3. The van der Waals surface area contributed by atoms with Crippen LogP contribution in [-0.2, 0) is 27.4 Å². The molecular weight excluding hydrogens is 448 g/mol. The number of nitrogens with one attached hydrogen (secondary N) is 1. The van der Waals surface area contributed by atoms with Gasteiger partial charge in [-0.05, 0) is 75.7 Å². The molecule has 1 heterocycles. The number of ether oxygens (including phenoxy) is 1. The number of carbonyl (C=O) groups is 2. The molecular formula is C26H34N4O3S. The maximum Gasteiger partial charge on any atom is 0.319 e. The van der Waals surface area contributed by atoms with E-state index in [0.29, 0.717) is 30.7 Å². The number of hydrogen-bond acceptors (Lipinski definition) is 6. The van der Waals surface area contributed by atoms with E-state index in [0.717, 1.165) is 42.6 Å². The molecule has 6 rings (SSSR count). The van der Waals surface area contributed by atoms with Gasteiger partial charge in [0.25, 0.3) is 0 Å². The summed E-state index contributed by atoms with van der Waals surface area (Å²) in [5.41, 5.74) is 0.927. The Morgan fingerprint density at radius 1 is 1.12 bits per heavy atom. The fourth-order valence-corrected chi connectivity index (χ4v) is 7.53. The van der Waals surface area contributed by atoms with Crippen LogP contribution in [0.3, 0.4) is 0 Å². The summed E-state index contributed by atoms with van der Waals surface area (Å²) in [6, 6.07) is 10.1. The summed E-state index contributed by atoms with van der Waals surface area (Å²) in [6.45, 7) is 4.89. The summed E-state index contributed by atoms with van der Waals surface area (Å²) < 4.78 is 7.17. The Kier molecular flexibility index (Phi) is 6.69. The van der Waals surface area contributed by atoms with Crippen molar-refractivity contribution >= 4 is 23.6 Å². The summed E-state index contributed by atoms with van der Waals surface area (Å²) >= 11 is 1.34. The lowest BCUT2D eigenvalue weighted by Gasteiger charge is -2.55. The number of carbonyl (C=O) groups excluding carboxylic acids is 2. The third-order valence-corrected chi connectivity index (χ3v) is 8.86. The smallest absolute Gasteiger partial charge is 0.319 e. The van der Waals surface area contributed by atoms with Gasteiger partial charge in [-0.25, -0.2) is 0 Å². The van der Waals surface area contributed by atoms with Gasteiger partial charge in [-0.15, -0.1) is 10.2 Å². The fourth-order valence-electron chi connectivity index (χ4n) is 6.66. The first-order chi connectivity index (χ1) is 16.5. The van der Waals surface area contributed by atoms with Crippen molar-refractivity contribution in [1.82, 2.24) is 20.1 Å². The Balaban J connectivity index is 1.32. The molecule has 1 atom stereocenters. The van der Waals surface area contributed by atoms with E-state index in [-0.39, 0.29) is 17.3 Å². The van der Waals surface area contributed by atoms with Gasteiger partial charge in [0, 0.05) is 5.41 Å². The Bertz CT molecular complexity index is 1000. The zero-order valence-electron chi connectivity index (χ0n) is 20.0. The number of amides is 1. The predicted octanol–water partition coefficient (Wildman–Crippen LogP) is 4.20. The molecule has 4 aliphatic carbocycles. The summed E-state index contributed by atoms with van der Waals surface area (Å²) in [4.78, 5) is 25.6. The van der Waals surface area contributed by atoms with E-state index in [1.807, 2.05) is 29.7 Å². The first-order valence-corrected chi connectivity index (χ1v) is 13.4. The highest BCUT2D eigenvalue weighted by Crippen LogP contribution is 2.60. The average molecular weight is 483 g/mol. The number of thioether (sulfide) groups is 1. The molecule has 0 unspecified atom stereocenters. The number of esters is 1. The van der Waals surface area contributed by atoms with Crippen LogP contribution >= 0.6 is 11.8 Å². The Labute approximate surface area is 205 Å². The minimum atomic E-state index is -0.395. The van der Waals surface area contributed by atoms with Crippen molar-refractivity contribution in [3.63, 3.8) is 0 Å². The molecule has 4 saturated carbocycles. The number of rotatable bonds is 9. The lowest BCUT2D eigenvalue weighted by molar-refractivity contribution is -0.146. The molecule has 0 aliphatic heterocycles. The van der Waals surface area contributed by atoms with Crippen LogP contribution in [0.2, 0.25) is 0 Å². The summed E-state index contributed by atoms with van der Waals surface area (Å²) in [5, 5.41) is 12.3. The lowest BCUT2D eigenvalue weighted by atomic mass is 9.49. The van der Waals surface area contributed by atoms with Gasteiger partial charge in [-0.1, -0.05) is 42.1 Å². The maximum absolute atomic E-state index is 13.5. The summed E-state index contributed by atoms with van der Waals surface area (Å²) in [7, 11) is 0. The van der Waals surface area contributed by atoms with Crippen LogP contribution in [0.4, 0.5) is 0 Å². The van der Waals surface area contributed by atoms with Crippen molar-refractivity contribution < 1.29 is 14.3 Å². The molecule has 0 spiro atoms. The van der Waals surface area contributed by atoms with E-state index >= 15 is 0 Å². The topological polar surface area (TPSA) is 86.1 Å². The van der Waals surface area contributed by atoms with Crippen LogP contribution in [0.25, 0.3) is 0 Å². The number of benzene rings is 1. The Morgan fingerprint density at radius 2 is 1.76 bits per heavy atom. The van der Waals surface area contributed by atoms with E-state index in [2.05, 4.69) is 27.6 Å². The SMILES string of the molecule is CCOC(=O)[C@@H](C)Sc1nnc(CNC(=O)C23CC4CC(CC(C4)C2)C3)n1Cc1ccccc1. The molecule has 0 saturated heterocycles. The van der Waals surface area contributed by atoms with Gasteiger partial charge >= 0.3 is 5.97 Å². The van der Waals surface area contributed by atoms with E-state index in [1.165, 1.54) is 31.0 Å². The van der Waals surface area contributed by atoms with Crippen molar-refractivity contribution in [2.75, 3.05) is 6.61 Å². The summed E-state index contributed by atoms with van der Waals surface area (Å²) in [6.07, 6.45) is 7.07. The normalized spacial score (nSPS) is 28.0. The first kappa shape index (κ1) is 23.4. The minimum absolute atomic E-state index is 0.185. The van der Waals surface area contributed by atoms with Crippen LogP contribution in [-0.4, -0.2) is 38.5 Å². The molecule has 1 aromatic carbocycles. The number of aromatic nitrogens is 3. The van der Waals surface area contributed by atoms with Crippen molar-refractivity contribution in [2.45, 2.75) is 75.9 Å².